The molecule has 0 aliphatic heterocycles. The normalized spacial score (nSPS) is 11.4. The van der Waals surface area contributed by atoms with Crippen LogP contribution in [0.2, 0.25) is 0 Å². The zero-order valence-electron chi connectivity index (χ0n) is 10.6. The standard InChI is InChI=1S/C14H10N4S2/c1-8-6-9-12(17-8)15-7-16-13(9)20-14-18-10-4-2-3-5-11(10)19-14/h2-7H,1H3,(H,15,16,17). The van der Waals surface area contributed by atoms with Gasteiger partial charge in [0.15, 0.2) is 4.34 Å². The average Bonchev–Trinajstić information content (AvgIpc) is 3.01. The second kappa shape index (κ2) is 4.57. The molecule has 4 aromatic rings. The van der Waals surface area contributed by atoms with E-state index in [2.05, 4.69) is 32.1 Å². The van der Waals surface area contributed by atoms with E-state index in [1.807, 2.05) is 25.1 Å². The number of fused-ring (bicyclic) bond motifs is 2. The molecule has 0 aliphatic carbocycles. The third-order valence-electron chi connectivity index (χ3n) is 2.98. The SMILES string of the molecule is Cc1cc2c(Sc3nc4ccccc4s3)ncnc2[nH]1. The fourth-order valence-electron chi connectivity index (χ4n) is 2.11. The van der Waals surface area contributed by atoms with Crippen molar-refractivity contribution >= 4 is 44.3 Å². The average molecular weight is 298 g/mol. The van der Waals surface area contributed by atoms with Crippen LogP contribution in [0.3, 0.4) is 0 Å². The third-order valence-corrected chi connectivity index (χ3v) is 5.10. The van der Waals surface area contributed by atoms with Gasteiger partial charge in [0, 0.05) is 5.69 Å². The summed E-state index contributed by atoms with van der Waals surface area (Å²) in [4.78, 5) is 16.5. The van der Waals surface area contributed by atoms with E-state index < -0.39 is 0 Å². The predicted octanol–water partition coefficient (Wildman–Crippen LogP) is 4.03. The summed E-state index contributed by atoms with van der Waals surface area (Å²) in [5.74, 6) is 0. The van der Waals surface area contributed by atoms with Crippen molar-refractivity contribution in [3.8, 4) is 0 Å². The van der Waals surface area contributed by atoms with Crippen molar-refractivity contribution in [3.63, 3.8) is 0 Å². The maximum atomic E-state index is 4.63. The Morgan fingerprint density at radius 2 is 2.10 bits per heavy atom. The molecule has 0 spiro atoms. The molecule has 4 nitrogen and oxygen atoms in total. The van der Waals surface area contributed by atoms with Crippen LogP contribution in [0, 0.1) is 6.92 Å². The molecule has 0 bridgehead atoms. The van der Waals surface area contributed by atoms with Gasteiger partial charge in [-0.25, -0.2) is 15.0 Å². The number of nitrogens with zero attached hydrogens (tertiary/aromatic N) is 3. The number of aromatic nitrogens is 4. The van der Waals surface area contributed by atoms with Crippen molar-refractivity contribution in [2.45, 2.75) is 16.3 Å². The maximum absolute atomic E-state index is 4.63. The highest BCUT2D eigenvalue weighted by atomic mass is 32.2. The smallest absolute Gasteiger partial charge is 0.157 e. The fourth-order valence-corrected chi connectivity index (χ4v) is 4.15. The summed E-state index contributed by atoms with van der Waals surface area (Å²) in [5.41, 5.74) is 3.00. The Hall–Kier alpha value is -1.92. The molecule has 4 rings (SSSR count). The lowest BCUT2D eigenvalue weighted by molar-refractivity contribution is 1.09. The predicted molar refractivity (Wildman–Crippen MR) is 82.4 cm³/mol. The molecular weight excluding hydrogens is 288 g/mol. The summed E-state index contributed by atoms with van der Waals surface area (Å²) >= 11 is 3.28. The molecule has 0 radical (unpaired) electrons. The molecule has 0 aliphatic rings. The van der Waals surface area contributed by atoms with Crippen molar-refractivity contribution in [2.24, 2.45) is 0 Å². The van der Waals surface area contributed by atoms with Crippen molar-refractivity contribution in [1.29, 1.82) is 0 Å². The van der Waals surface area contributed by atoms with E-state index in [0.717, 1.165) is 31.6 Å². The number of para-hydroxylation sites is 1. The first-order chi connectivity index (χ1) is 9.79. The zero-order chi connectivity index (χ0) is 13.5. The van der Waals surface area contributed by atoms with Gasteiger partial charge in [0.1, 0.15) is 17.0 Å². The van der Waals surface area contributed by atoms with Gasteiger partial charge in [-0.15, -0.1) is 11.3 Å². The summed E-state index contributed by atoms with van der Waals surface area (Å²) in [6.07, 6.45) is 1.59. The van der Waals surface area contributed by atoms with Gasteiger partial charge in [0.25, 0.3) is 0 Å². The molecule has 3 aromatic heterocycles. The van der Waals surface area contributed by atoms with Gasteiger partial charge < -0.3 is 4.98 Å². The number of aromatic amines is 1. The molecule has 0 amide bonds. The minimum atomic E-state index is 0.876. The Morgan fingerprint density at radius 3 is 3.00 bits per heavy atom. The largest absolute Gasteiger partial charge is 0.343 e. The van der Waals surface area contributed by atoms with Crippen molar-refractivity contribution in [1.82, 2.24) is 19.9 Å². The van der Waals surface area contributed by atoms with Crippen molar-refractivity contribution in [3.05, 3.63) is 42.4 Å². The van der Waals surface area contributed by atoms with Gasteiger partial charge >= 0.3 is 0 Å². The van der Waals surface area contributed by atoms with Gasteiger partial charge in [0.2, 0.25) is 0 Å². The number of thiazole rings is 1. The minimum absolute atomic E-state index is 0.876. The first-order valence-corrected chi connectivity index (χ1v) is 7.77. The first kappa shape index (κ1) is 11.9. The molecule has 0 saturated heterocycles. The topological polar surface area (TPSA) is 54.5 Å². The Labute approximate surface area is 123 Å². The van der Waals surface area contributed by atoms with Gasteiger partial charge in [-0.3, -0.25) is 0 Å². The summed E-state index contributed by atoms with van der Waals surface area (Å²) in [6, 6.07) is 10.2. The molecule has 0 fully saturated rings. The highest BCUT2D eigenvalue weighted by molar-refractivity contribution is 8.01. The van der Waals surface area contributed by atoms with E-state index in [1.54, 1.807) is 29.4 Å². The molecule has 3 heterocycles. The van der Waals surface area contributed by atoms with Crippen LogP contribution in [-0.4, -0.2) is 19.9 Å². The molecule has 0 unspecified atom stereocenters. The number of H-pyrrole nitrogens is 1. The number of aryl methyl sites for hydroxylation is 1. The Kier molecular flexibility index (Phi) is 2.71. The van der Waals surface area contributed by atoms with Crippen LogP contribution < -0.4 is 0 Å². The molecule has 1 aromatic carbocycles. The van der Waals surface area contributed by atoms with E-state index in [-0.39, 0.29) is 0 Å². The zero-order valence-corrected chi connectivity index (χ0v) is 12.3. The number of hydrogen-bond donors (Lipinski definition) is 1. The van der Waals surface area contributed by atoms with Crippen LogP contribution in [-0.2, 0) is 0 Å². The number of nitrogens with one attached hydrogen (secondary N) is 1. The van der Waals surface area contributed by atoms with Crippen LogP contribution in [0.15, 0.2) is 46.0 Å². The Balaban J connectivity index is 1.80. The quantitative estimate of drug-likeness (QED) is 0.568. The summed E-state index contributed by atoms with van der Waals surface area (Å²) in [7, 11) is 0. The Morgan fingerprint density at radius 1 is 1.20 bits per heavy atom. The van der Waals surface area contributed by atoms with Gasteiger partial charge in [0.05, 0.1) is 15.6 Å². The monoisotopic (exact) mass is 298 g/mol. The van der Waals surface area contributed by atoms with Crippen molar-refractivity contribution in [2.75, 3.05) is 0 Å². The Bertz CT molecular complexity index is 877. The number of hydrogen-bond acceptors (Lipinski definition) is 5. The van der Waals surface area contributed by atoms with E-state index >= 15 is 0 Å². The molecule has 0 atom stereocenters. The minimum Gasteiger partial charge on any atom is -0.343 e. The van der Waals surface area contributed by atoms with Crippen LogP contribution >= 0.6 is 23.1 Å². The van der Waals surface area contributed by atoms with Crippen LogP contribution in [0.4, 0.5) is 0 Å². The number of rotatable bonds is 2. The lowest BCUT2D eigenvalue weighted by Gasteiger charge is -1.97. The molecular formula is C14H10N4S2. The van der Waals surface area contributed by atoms with Gasteiger partial charge in [-0.05, 0) is 36.9 Å². The van der Waals surface area contributed by atoms with Gasteiger partial charge in [-0.1, -0.05) is 12.1 Å². The summed E-state index contributed by atoms with van der Waals surface area (Å²) in [5, 5.41) is 1.99. The first-order valence-electron chi connectivity index (χ1n) is 6.13. The lowest BCUT2D eigenvalue weighted by Crippen LogP contribution is -1.84. The lowest BCUT2D eigenvalue weighted by atomic mass is 10.3. The van der Waals surface area contributed by atoms with E-state index in [1.165, 1.54) is 4.70 Å². The van der Waals surface area contributed by atoms with Crippen LogP contribution in [0.1, 0.15) is 5.69 Å². The molecule has 20 heavy (non-hydrogen) atoms. The highest BCUT2D eigenvalue weighted by Gasteiger charge is 2.11. The third kappa shape index (κ3) is 1.97. The van der Waals surface area contributed by atoms with Crippen LogP contribution in [0.25, 0.3) is 21.3 Å². The molecule has 0 saturated carbocycles. The van der Waals surface area contributed by atoms with Gasteiger partial charge in [-0.2, -0.15) is 0 Å². The molecule has 98 valence electrons. The fraction of sp³-hybridized carbons (Fsp3) is 0.0714. The van der Waals surface area contributed by atoms with Crippen LogP contribution in [0.5, 0.6) is 0 Å². The van der Waals surface area contributed by atoms with Crippen molar-refractivity contribution < 1.29 is 0 Å². The summed E-state index contributed by atoms with van der Waals surface area (Å²) < 4.78 is 2.20. The van der Waals surface area contributed by atoms with E-state index in [4.69, 9.17) is 0 Å². The van der Waals surface area contributed by atoms with E-state index in [9.17, 15) is 0 Å². The molecule has 1 N–H and O–H groups in total. The second-order valence-corrected chi connectivity index (χ2v) is 6.71. The summed E-state index contributed by atoms with van der Waals surface area (Å²) in [6.45, 7) is 2.02. The maximum Gasteiger partial charge on any atom is 0.157 e. The highest BCUT2D eigenvalue weighted by Crippen LogP contribution is 2.36. The second-order valence-electron chi connectivity index (χ2n) is 4.44. The molecule has 6 heteroatoms. The van der Waals surface area contributed by atoms with E-state index in [0.29, 0.717) is 0 Å². The number of benzene rings is 1.